The highest BCUT2D eigenvalue weighted by atomic mass is 16.6. The van der Waals surface area contributed by atoms with E-state index in [9.17, 15) is 19.7 Å². The topological polar surface area (TPSA) is 131 Å². The molecule has 1 atom stereocenters. The van der Waals surface area contributed by atoms with Gasteiger partial charge in [-0.05, 0) is 24.5 Å². The molecule has 1 unspecified atom stereocenters. The van der Waals surface area contributed by atoms with Gasteiger partial charge in [-0.15, -0.1) is 0 Å². The molecule has 158 valence electrons. The molecule has 2 aromatic carbocycles. The van der Waals surface area contributed by atoms with Crippen LogP contribution in [0.15, 0.2) is 53.1 Å². The van der Waals surface area contributed by atoms with Gasteiger partial charge in [-0.25, -0.2) is 4.79 Å². The largest absolute Gasteiger partial charge is 0.337 e. The third kappa shape index (κ3) is 3.63. The highest BCUT2D eigenvalue weighted by Gasteiger charge is 2.49. The number of hydrogen-bond donors (Lipinski definition) is 1. The third-order valence-corrected chi connectivity index (χ3v) is 5.29. The number of amides is 3. The van der Waals surface area contributed by atoms with Gasteiger partial charge in [-0.3, -0.25) is 19.8 Å². The van der Waals surface area contributed by atoms with E-state index in [-0.39, 0.29) is 18.1 Å². The molecule has 10 heteroatoms. The number of carbonyl (C=O) groups excluding carboxylic acids is 2. The van der Waals surface area contributed by atoms with Crippen molar-refractivity contribution in [1.82, 2.24) is 20.4 Å². The van der Waals surface area contributed by atoms with E-state index >= 15 is 0 Å². The first-order valence-corrected chi connectivity index (χ1v) is 9.62. The van der Waals surface area contributed by atoms with E-state index in [0.717, 1.165) is 16.9 Å². The number of urea groups is 1. The fourth-order valence-electron chi connectivity index (χ4n) is 3.43. The van der Waals surface area contributed by atoms with Crippen molar-refractivity contribution in [3.8, 4) is 11.4 Å². The van der Waals surface area contributed by atoms with Gasteiger partial charge in [0, 0.05) is 17.7 Å². The van der Waals surface area contributed by atoms with Crippen molar-refractivity contribution in [2.24, 2.45) is 0 Å². The van der Waals surface area contributed by atoms with E-state index in [1.54, 1.807) is 6.07 Å². The normalized spacial score (nSPS) is 18.3. The zero-order valence-electron chi connectivity index (χ0n) is 16.9. The minimum Gasteiger partial charge on any atom is -0.337 e. The lowest BCUT2D eigenvalue weighted by Crippen LogP contribution is -2.40. The standard InChI is InChI=1S/C21H19N5O5/c1-3-13-7-9-14(10-8-13)18-22-17(31-24-18)12-25-19(27)21(2,23-20(25)28)15-5-4-6-16(11-15)26(29)30/h4-11H,3,12H2,1-2H3,(H,23,28). The summed E-state index contributed by atoms with van der Waals surface area (Å²) in [6.45, 7) is 3.34. The Balaban J connectivity index is 1.55. The van der Waals surface area contributed by atoms with E-state index in [2.05, 4.69) is 22.4 Å². The van der Waals surface area contributed by atoms with Crippen LogP contribution in [0.1, 0.15) is 30.9 Å². The van der Waals surface area contributed by atoms with Gasteiger partial charge in [0.1, 0.15) is 12.1 Å². The molecule has 0 saturated carbocycles. The lowest BCUT2D eigenvalue weighted by Gasteiger charge is -2.21. The van der Waals surface area contributed by atoms with Crippen molar-refractivity contribution in [2.75, 3.05) is 0 Å². The zero-order valence-corrected chi connectivity index (χ0v) is 16.9. The molecule has 4 rings (SSSR count). The Morgan fingerprint density at radius 2 is 1.94 bits per heavy atom. The first-order valence-electron chi connectivity index (χ1n) is 9.62. The number of imide groups is 1. The van der Waals surface area contributed by atoms with Crippen LogP contribution in [0.2, 0.25) is 0 Å². The molecule has 31 heavy (non-hydrogen) atoms. The van der Waals surface area contributed by atoms with Crippen LogP contribution in [0, 0.1) is 10.1 Å². The van der Waals surface area contributed by atoms with Crippen molar-refractivity contribution < 1.29 is 19.0 Å². The van der Waals surface area contributed by atoms with Gasteiger partial charge >= 0.3 is 6.03 Å². The molecule has 2 heterocycles. The minimum atomic E-state index is -1.44. The Labute approximate surface area is 177 Å². The molecular weight excluding hydrogens is 402 g/mol. The Hall–Kier alpha value is -4.08. The van der Waals surface area contributed by atoms with E-state index in [0.29, 0.717) is 11.4 Å². The molecule has 1 fully saturated rings. The second kappa shape index (κ2) is 7.63. The molecule has 3 amide bonds. The lowest BCUT2D eigenvalue weighted by molar-refractivity contribution is -0.385. The van der Waals surface area contributed by atoms with Crippen LogP contribution in [0.3, 0.4) is 0 Å². The average Bonchev–Trinajstić information content (AvgIpc) is 3.33. The molecule has 1 aliphatic heterocycles. The molecular formula is C21H19N5O5. The minimum absolute atomic E-state index is 0.0985. The molecule has 0 spiro atoms. The van der Waals surface area contributed by atoms with E-state index in [4.69, 9.17) is 4.52 Å². The number of hydrogen-bond acceptors (Lipinski definition) is 7. The van der Waals surface area contributed by atoms with Crippen LogP contribution in [-0.4, -0.2) is 31.9 Å². The smallest absolute Gasteiger partial charge is 0.325 e. The number of carbonyl (C=O) groups is 2. The average molecular weight is 421 g/mol. The fourth-order valence-corrected chi connectivity index (χ4v) is 3.43. The maximum absolute atomic E-state index is 13.1. The molecule has 3 aromatic rings. The number of nitrogens with zero attached hydrogens (tertiary/aromatic N) is 4. The van der Waals surface area contributed by atoms with Gasteiger partial charge in [0.05, 0.1) is 4.92 Å². The summed E-state index contributed by atoms with van der Waals surface area (Å²) in [5.74, 6) is -0.113. The van der Waals surface area contributed by atoms with Crippen molar-refractivity contribution in [1.29, 1.82) is 0 Å². The number of nitrogens with one attached hydrogen (secondary N) is 1. The summed E-state index contributed by atoms with van der Waals surface area (Å²) in [6, 6.07) is 12.6. The number of nitro groups is 1. The molecule has 1 saturated heterocycles. The molecule has 0 aliphatic carbocycles. The second-order valence-electron chi connectivity index (χ2n) is 7.32. The summed E-state index contributed by atoms with van der Waals surface area (Å²) in [6.07, 6.45) is 0.910. The molecule has 0 bridgehead atoms. The number of aromatic nitrogens is 2. The summed E-state index contributed by atoms with van der Waals surface area (Å²) in [4.78, 5) is 41.3. The number of benzene rings is 2. The number of nitro benzene ring substituents is 1. The van der Waals surface area contributed by atoms with Gasteiger partial charge in [0.2, 0.25) is 11.7 Å². The summed E-state index contributed by atoms with van der Waals surface area (Å²) in [5, 5.41) is 17.6. The molecule has 1 N–H and O–H groups in total. The summed E-state index contributed by atoms with van der Waals surface area (Å²) in [7, 11) is 0. The monoisotopic (exact) mass is 421 g/mol. The van der Waals surface area contributed by atoms with Crippen LogP contribution >= 0.6 is 0 Å². The van der Waals surface area contributed by atoms with Crippen molar-refractivity contribution >= 4 is 17.6 Å². The molecule has 10 nitrogen and oxygen atoms in total. The summed E-state index contributed by atoms with van der Waals surface area (Å²) >= 11 is 0. The maximum Gasteiger partial charge on any atom is 0.325 e. The maximum atomic E-state index is 13.1. The predicted molar refractivity (Wildman–Crippen MR) is 109 cm³/mol. The molecule has 1 aromatic heterocycles. The van der Waals surface area contributed by atoms with Gasteiger partial charge < -0.3 is 9.84 Å². The summed E-state index contributed by atoms with van der Waals surface area (Å²) < 4.78 is 5.23. The van der Waals surface area contributed by atoms with Gasteiger partial charge in [0.25, 0.3) is 11.6 Å². The van der Waals surface area contributed by atoms with Crippen molar-refractivity contribution in [3.63, 3.8) is 0 Å². The first kappa shape index (κ1) is 20.2. The molecule has 0 radical (unpaired) electrons. The lowest BCUT2D eigenvalue weighted by atomic mass is 9.91. The first-order chi connectivity index (χ1) is 14.8. The Morgan fingerprint density at radius 3 is 2.61 bits per heavy atom. The van der Waals surface area contributed by atoms with Crippen LogP contribution in [-0.2, 0) is 23.3 Å². The van der Waals surface area contributed by atoms with E-state index < -0.39 is 22.4 Å². The molecule has 1 aliphatic rings. The Bertz CT molecular complexity index is 1170. The highest BCUT2D eigenvalue weighted by Crippen LogP contribution is 2.31. The Kier molecular flexibility index (Phi) is 4.97. The fraction of sp³-hybridized carbons (Fsp3) is 0.238. The third-order valence-electron chi connectivity index (χ3n) is 5.29. The number of rotatable bonds is 6. The quantitative estimate of drug-likeness (QED) is 0.367. The van der Waals surface area contributed by atoms with Gasteiger partial charge in [-0.1, -0.05) is 48.5 Å². The van der Waals surface area contributed by atoms with Crippen LogP contribution < -0.4 is 5.32 Å². The second-order valence-corrected chi connectivity index (χ2v) is 7.32. The number of non-ortho nitro benzene ring substituents is 1. The van der Waals surface area contributed by atoms with E-state index in [1.807, 2.05) is 24.3 Å². The van der Waals surface area contributed by atoms with Crippen LogP contribution in [0.25, 0.3) is 11.4 Å². The van der Waals surface area contributed by atoms with Crippen LogP contribution in [0.5, 0.6) is 0 Å². The van der Waals surface area contributed by atoms with Crippen molar-refractivity contribution in [2.45, 2.75) is 32.4 Å². The summed E-state index contributed by atoms with van der Waals surface area (Å²) in [5.41, 5.74) is 0.625. The van der Waals surface area contributed by atoms with E-state index in [1.165, 1.54) is 30.7 Å². The van der Waals surface area contributed by atoms with Gasteiger partial charge in [0.15, 0.2) is 0 Å². The Morgan fingerprint density at radius 1 is 1.19 bits per heavy atom. The zero-order chi connectivity index (χ0) is 22.2. The number of aryl methyl sites for hydroxylation is 1. The van der Waals surface area contributed by atoms with Gasteiger partial charge in [-0.2, -0.15) is 4.98 Å². The van der Waals surface area contributed by atoms with Crippen LogP contribution in [0.4, 0.5) is 10.5 Å². The van der Waals surface area contributed by atoms with Crippen molar-refractivity contribution in [3.05, 3.63) is 75.7 Å². The highest BCUT2D eigenvalue weighted by molar-refractivity contribution is 6.07. The SMILES string of the molecule is CCc1ccc(-c2noc(CN3C(=O)NC(C)(c4cccc([N+](=O)[O-])c4)C3=O)n2)cc1. The predicted octanol–water partition coefficient (Wildman–Crippen LogP) is 3.17.